The fourth-order valence-corrected chi connectivity index (χ4v) is 5.16. The van der Waals surface area contributed by atoms with E-state index in [2.05, 4.69) is 10.00 Å². The third-order valence-electron chi connectivity index (χ3n) is 6.67. The van der Waals surface area contributed by atoms with Gasteiger partial charge in [-0.1, -0.05) is 12.1 Å². The highest BCUT2D eigenvalue weighted by Gasteiger charge is 2.29. The zero-order chi connectivity index (χ0) is 29.1. The molecule has 0 N–H and O–H groups in total. The number of aromatic nitrogens is 3. The number of hydrogen-bond donors (Lipinski definition) is 0. The van der Waals surface area contributed by atoms with Gasteiger partial charge in [-0.05, 0) is 78.0 Å². The molecule has 0 spiro atoms. The summed E-state index contributed by atoms with van der Waals surface area (Å²) < 4.78 is 18.4. The molecule has 9 nitrogen and oxygen atoms in total. The number of fused-ring (bicyclic) bond motifs is 1. The zero-order valence-corrected chi connectivity index (χ0v) is 24.8. The van der Waals surface area contributed by atoms with Crippen LogP contribution in [0.5, 0.6) is 5.75 Å². The first-order valence-corrected chi connectivity index (χ1v) is 14.0. The van der Waals surface area contributed by atoms with E-state index in [1.807, 2.05) is 76.7 Å². The standard InChI is InChI=1S/C31H42N4O5/c1-30(2,3)39-26(36)15-22-9-8-14-34(19-22)28-23(16-27(37)40-31(4,5)6)17-32-29-25(28)18-33-35(29)20-21-10-12-24(38-7)13-11-21/h10-13,17-18,22H,8-9,14-16,19-20H2,1-7H3/t22-/m1/s1. The van der Waals surface area contributed by atoms with Gasteiger partial charge in [0.2, 0.25) is 0 Å². The molecule has 3 aromatic rings. The number of benzene rings is 1. The van der Waals surface area contributed by atoms with Gasteiger partial charge in [0.05, 0.1) is 43.8 Å². The van der Waals surface area contributed by atoms with Crippen molar-refractivity contribution < 1.29 is 23.8 Å². The van der Waals surface area contributed by atoms with E-state index in [4.69, 9.17) is 19.2 Å². The van der Waals surface area contributed by atoms with E-state index in [9.17, 15) is 9.59 Å². The lowest BCUT2D eigenvalue weighted by atomic mass is 9.93. The number of nitrogens with zero attached hydrogens (tertiary/aromatic N) is 4. The largest absolute Gasteiger partial charge is 0.497 e. The molecule has 1 atom stereocenters. The van der Waals surface area contributed by atoms with Crippen LogP contribution < -0.4 is 9.64 Å². The van der Waals surface area contributed by atoms with Gasteiger partial charge in [-0.15, -0.1) is 0 Å². The van der Waals surface area contributed by atoms with Crippen molar-refractivity contribution in [3.8, 4) is 5.75 Å². The number of methoxy groups -OCH3 is 1. The van der Waals surface area contributed by atoms with Gasteiger partial charge in [0.25, 0.3) is 0 Å². The molecule has 9 heteroatoms. The second kappa shape index (κ2) is 11.9. The predicted molar refractivity (Wildman–Crippen MR) is 155 cm³/mol. The maximum absolute atomic E-state index is 12.9. The Morgan fingerprint density at radius 3 is 2.30 bits per heavy atom. The molecule has 0 saturated carbocycles. The number of carbonyl (C=O) groups excluding carboxylic acids is 2. The first-order chi connectivity index (χ1) is 18.8. The minimum Gasteiger partial charge on any atom is -0.497 e. The SMILES string of the molecule is COc1ccc(Cn2ncc3c(N4CCC[C@H](CC(=O)OC(C)(C)C)C4)c(CC(=O)OC(C)(C)C)cnc32)cc1. The summed E-state index contributed by atoms with van der Waals surface area (Å²) in [4.78, 5) is 32.5. The van der Waals surface area contributed by atoms with Gasteiger partial charge in [-0.2, -0.15) is 5.10 Å². The molecule has 1 aliphatic rings. The quantitative estimate of drug-likeness (QED) is 0.348. The van der Waals surface area contributed by atoms with E-state index >= 15 is 0 Å². The summed E-state index contributed by atoms with van der Waals surface area (Å²) in [5, 5.41) is 5.56. The summed E-state index contributed by atoms with van der Waals surface area (Å²) in [6.45, 7) is 13.3. The van der Waals surface area contributed by atoms with Gasteiger partial charge < -0.3 is 19.1 Å². The van der Waals surface area contributed by atoms with Crippen molar-refractivity contribution in [1.29, 1.82) is 0 Å². The number of piperidine rings is 1. The van der Waals surface area contributed by atoms with E-state index in [0.29, 0.717) is 19.5 Å². The van der Waals surface area contributed by atoms with Crippen molar-refractivity contribution in [2.45, 2.75) is 85.0 Å². The van der Waals surface area contributed by atoms with Crippen LogP contribution in [0.25, 0.3) is 11.0 Å². The normalized spacial score (nSPS) is 16.2. The maximum Gasteiger partial charge on any atom is 0.310 e. The number of pyridine rings is 1. The molecule has 0 unspecified atom stereocenters. The molecule has 4 rings (SSSR count). The van der Waals surface area contributed by atoms with E-state index in [1.54, 1.807) is 13.3 Å². The van der Waals surface area contributed by atoms with E-state index in [0.717, 1.165) is 53.0 Å². The number of rotatable bonds is 8. The maximum atomic E-state index is 12.9. The fourth-order valence-electron chi connectivity index (χ4n) is 5.16. The van der Waals surface area contributed by atoms with Crippen LogP contribution in [0.3, 0.4) is 0 Å². The number of anilines is 1. The third-order valence-corrected chi connectivity index (χ3v) is 6.67. The van der Waals surface area contributed by atoms with Crippen LogP contribution in [0.1, 0.15) is 71.9 Å². The van der Waals surface area contributed by atoms with Crippen LogP contribution in [0.15, 0.2) is 36.7 Å². The molecular weight excluding hydrogens is 508 g/mol. The summed E-state index contributed by atoms with van der Waals surface area (Å²) in [6, 6.07) is 7.88. The van der Waals surface area contributed by atoms with Crippen LogP contribution in [0, 0.1) is 5.92 Å². The van der Waals surface area contributed by atoms with Crippen molar-refractivity contribution in [2.75, 3.05) is 25.1 Å². The van der Waals surface area contributed by atoms with Crippen molar-refractivity contribution in [2.24, 2.45) is 5.92 Å². The summed E-state index contributed by atoms with van der Waals surface area (Å²) >= 11 is 0. The van der Waals surface area contributed by atoms with Crippen molar-refractivity contribution >= 4 is 28.7 Å². The molecule has 1 fully saturated rings. The van der Waals surface area contributed by atoms with Crippen LogP contribution >= 0.6 is 0 Å². The highest BCUT2D eigenvalue weighted by atomic mass is 16.6. The Balaban J connectivity index is 1.65. The highest BCUT2D eigenvalue weighted by molar-refractivity contribution is 5.93. The Morgan fingerprint density at radius 1 is 0.975 bits per heavy atom. The van der Waals surface area contributed by atoms with Crippen LogP contribution in [-0.2, 0) is 32.0 Å². The van der Waals surface area contributed by atoms with Gasteiger partial charge in [0.1, 0.15) is 17.0 Å². The van der Waals surface area contributed by atoms with Gasteiger partial charge in [0.15, 0.2) is 5.65 Å². The minimum atomic E-state index is -0.582. The van der Waals surface area contributed by atoms with Gasteiger partial charge >= 0.3 is 11.9 Å². The monoisotopic (exact) mass is 550 g/mol. The smallest absolute Gasteiger partial charge is 0.310 e. The Labute approximate surface area is 236 Å². The molecule has 1 aliphatic heterocycles. The molecule has 216 valence electrons. The Kier molecular flexibility index (Phi) is 8.71. The van der Waals surface area contributed by atoms with Crippen LogP contribution in [0.4, 0.5) is 5.69 Å². The van der Waals surface area contributed by atoms with E-state index < -0.39 is 11.2 Å². The zero-order valence-electron chi connectivity index (χ0n) is 24.8. The molecular formula is C31H42N4O5. The van der Waals surface area contributed by atoms with Crippen molar-refractivity contribution in [3.63, 3.8) is 0 Å². The van der Waals surface area contributed by atoms with E-state index in [-0.39, 0.29) is 24.3 Å². The Hall–Kier alpha value is -3.62. The average molecular weight is 551 g/mol. The second-order valence-corrected chi connectivity index (χ2v) is 12.5. The molecule has 0 amide bonds. The van der Waals surface area contributed by atoms with E-state index in [1.165, 1.54) is 0 Å². The van der Waals surface area contributed by atoms with Crippen LogP contribution in [-0.4, -0.2) is 58.1 Å². The molecule has 1 aromatic carbocycles. The first kappa shape index (κ1) is 29.4. The average Bonchev–Trinajstić information content (AvgIpc) is 3.24. The molecule has 40 heavy (non-hydrogen) atoms. The number of hydrogen-bond acceptors (Lipinski definition) is 8. The highest BCUT2D eigenvalue weighted by Crippen LogP contribution is 2.35. The lowest BCUT2D eigenvalue weighted by Crippen LogP contribution is -2.38. The van der Waals surface area contributed by atoms with Gasteiger partial charge in [-0.25, -0.2) is 9.67 Å². The molecule has 1 saturated heterocycles. The summed E-state index contributed by atoms with van der Waals surface area (Å²) in [5.41, 5.74) is 2.45. The summed E-state index contributed by atoms with van der Waals surface area (Å²) in [6.07, 6.45) is 5.94. The molecule has 3 heterocycles. The predicted octanol–water partition coefficient (Wildman–Crippen LogP) is 5.32. The molecule has 0 bridgehead atoms. The fraction of sp³-hybridized carbons (Fsp3) is 0.548. The lowest BCUT2D eigenvalue weighted by Gasteiger charge is -2.36. The summed E-state index contributed by atoms with van der Waals surface area (Å²) in [5.74, 6) is 0.464. The third kappa shape index (κ3) is 7.73. The topological polar surface area (TPSA) is 95.8 Å². The number of ether oxygens (including phenoxy) is 3. The summed E-state index contributed by atoms with van der Waals surface area (Å²) in [7, 11) is 1.65. The molecule has 2 aromatic heterocycles. The Bertz CT molecular complexity index is 1330. The van der Waals surface area contributed by atoms with Crippen molar-refractivity contribution in [1.82, 2.24) is 14.8 Å². The van der Waals surface area contributed by atoms with Crippen LogP contribution in [0.2, 0.25) is 0 Å². The molecule has 0 aliphatic carbocycles. The Morgan fingerprint density at radius 2 is 1.65 bits per heavy atom. The minimum absolute atomic E-state index is 0.104. The van der Waals surface area contributed by atoms with Gasteiger partial charge in [-0.3, -0.25) is 9.59 Å². The lowest BCUT2D eigenvalue weighted by molar-refractivity contribution is -0.156. The molecule has 0 radical (unpaired) electrons. The first-order valence-electron chi connectivity index (χ1n) is 14.0. The van der Waals surface area contributed by atoms with Gasteiger partial charge in [0, 0.05) is 24.8 Å². The second-order valence-electron chi connectivity index (χ2n) is 12.5. The number of carbonyl (C=O) groups is 2. The number of esters is 2. The van der Waals surface area contributed by atoms with Crippen molar-refractivity contribution in [3.05, 3.63) is 47.8 Å².